The molecule has 2 aromatic carbocycles. The van der Waals surface area contributed by atoms with E-state index >= 15 is 0 Å². The number of carboxylic acid groups (broad SMARTS) is 1. The summed E-state index contributed by atoms with van der Waals surface area (Å²) in [5, 5.41) is 9.47. The fraction of sp³-hybridized carbons (Fsp3) is 0.150. The van der Waals surface area contributed by atoms with Crippen molar-refractivity contribution in [2.24, 2.45) is 0 Å². The Morgan fingerprint density at radius 1 is 1.15 bits per heavy atom. The number of methoxy groups -OCH3 is 1. The van der Waals surface area contributed by atoms with Crippen LogP contribution in [-0.4, -0.2) is 33.7 Å². The average Bonchev–Trinajstić information content (AvgIpc) is 3.11. The second-order valence-electron chi connectivity index (χ2n) is 5.85. The van der Waals surface area contributed by atoms with Gasteiger partial charge >= 0.3 is 11.9 Å². The number of aryl methyl sites for hydroxylation is 1. The molecule has 0 aliphatic heterocycles. The Morgan fingerprint density at radius 2 is 1.92 bits per heavy atom. The molecule has 6 heteroatoms. The first-order valence-electron chi connectivity index (χ1n) is 8.03. The molecule has 1 atom stereocenters. The van der Waals surface area contributed by atoms with Crippen LogP contribution in [0.15, 0.2) is 60.9 Å². The van der Waals surface area contributed by atoms with Crippen molar-refractivity contribution in [1.29, 1.82) is 0 Å². The third-order valence-corrected chi connectivity index (χ3v) is 4.13. The summed E-state index contributed by atoms with van der Waals surface area (Å²) in [6.45, 7) is 1.94. The fourth-order valence-corrected chi connectivity index (χ4v) is 2.96. The number of carboxylic acids is 1. The van der Waals surface area contributed by atoms with E-state index in [4.69, 9.17) is 4.74 Å². The number of aromatic nitrogens is 2. The molecule has 0 aliphatic carbocycles. The van der Waals surface area contributed by atoms with Gasteiger partial charge in [0.2, 0.25) is 0 Å². The van der Waals surface area contributed by atoms with E-state index in [1.807, 2.05) is 31.2 Å². The van der Waals surface area contributed by atoms with Gasteiger partial charge in [0.25, 0.3) is 0 Å². The topological polar surface area (TPSA) is 81.4 Å². The van der Waals surface area contributed by atoms with Crippen molar-refractivity contribution in [2.45, 2.75) is 13.0 Å². The fourth-order valence-electron chi connectivity index (χ4n) is 2.96. The number of hydrogen-bond acceptors (Lipinski definition) is 4. The highest BCUT2D eigenvalue weighted by Crippen LogP contribution is 2.29. The average molecular weight is 350 g/mol. The monoisotopic (exact) mass is 350 g/mol. The van der Waals surface area contributed by atoms with Gasteiger partial charge in [0.1, 0.15) is 5.82 Å². The maximum atomic E-state index is 12.5. The number of esters is 1. The van der Waals surface area contributed by atoms with E-state index in [1.165, 1.54) is 13.2 Å². The van der Waals surface area contributed by atoms with Crippen LogP contribution >= 0.6 is 0 Å². The maximum Gasteiger partial charge on any atom is 0.336 e. The van der Waals surface area contributed by atoms with Crippen molar-refractivity contribution < 1.29 is 19.4 Å². The van der Waals surface area contributed by atoms with Gasteiger partial charge in [-0.15, -0.1) is 0 Å². The van der Waals surface area contributed by atoms with Gasteiger partial charge < -0.3 is 14.4 Å². The molecule has 0 amide bonds. The van der Waals surface area contributed by atoms with E-state index in [0.29, 0.717) is 11.4 Å². The largest absolute Gasteiger partial charge is 0.478 e. The normalized spacial score (nSPS) is 11.8. The van der Waals surface area contributed by atoms with Crippen molar-refractivity contribution in [3.8, 4) is 11.4 Å². The van der Waals surface area contributed by atoms with E-state index < -0.39 is 18.0 Å². The maximum absolute atomic E-state index is 12.5. The van der Waals surface area contributed by atoms with E-state index in [-0.39, 0.29) is 5.56 Å². The Hall–Kier alpha value is -3.41. The minimum Gasteiger partial charge on any atom is -0.478 e. The molecule has 0 saturated carbocycles. The van der Waals surface area contributed by atoms with Crippen LogP contribution in [0.1, 0.15) is 27.5 Å². The van der Waals surface area contributed by atoms with E-state index in [2.05, 4.69) is 4.98 Å². The van der Waals surface area contributed by atoms with Gasteiger partial charge in [0, 0.05) is 18.0 Å². The van der Waals surface area contributed by atoms with Gasteiger partial charge in [-0.05, 0) is 18.6 Å². The Bertz CT molecular complexity index is 962. The number of hydrogen-bond donors (Lipinski definition) is 1. The van der Waals surface area contributed by atoms with Gasteiger partial charge in [0.15, 0.2) is 6.04 Å². The third-order valence-electron chi connectivity index (χ3n) is 4.13. The number of carbonyl (C=O) groups excluding carboxylic acids is 1. The molecule has 0 aliphatic rings. The third kappa shape index (κ3) is 3.21. The molecule has 1 N–H and O–H groups in total. The second kappa shape index (κ2) is 7.23. The first-order chi connectivity index (χ1) is 12.5. The molecule has 3 aromatic rings. The highest BCUT2D eigenvalue weighted by atomic mass is 16.5. The molecular weight excluding hydrogens is 332 g/mol. The summed E-state index contributed by atoms with van der Waals surface area (Å²) in [5.74, 6) is -1.12. The Kier molecular flexibility index (Phi) is 4.84. The molecule has 0 saturated heterocycles. The van der Waals surface area contributed by atoms with Crippen molar-refractivity contribution in [2.75, 3.05) is 7.11 Å². The second-order valence-corrected chi connectivity index (χ2v) is 5.85. The summed E-state index contributed by atoms with van der Waals surface area (Å²) >= 11 is 0. The van der Waals surface area contributed by atoms with E-state index in [0.717, 1.165) is 11.1 Å². The summed E-state index contributed by atoms with van der Waals surface area (Å²) in [5.41, 5.74) is 2.30. The summed E-state index contributed by atoms with van der Waals surface area (Å²) in [6, 6.07) is 13.3. The lowest BCUT2D eigenvalue weighted by atomic mass is 10.0. The lowest BCUT2D eigenvalue weighted by molar-refractivity contribution is -0.143. The Balaban J connectivity index is 2.19. The van der Waals surface area contributed by atoms with E-state index in [1.54, 1.807) is 35.2 Å². The molecule has 6 nitrogen and oxygen atoms in total. The van der Waals surface area contributed by atoms with Gasteiger partial charge in [-0.1, -0.05) is 48.0 Å². The Morgan fingerprint density at radius 3 is 2.62 bits per heavy atom. The zero-order valence-corrected chi connectivity index (χ0v) is 14.4. The number of rotatable bonds is 5. The standard InChI is InChI=1S/C20H18N2O4/c1-13-6-5-7-14(12-13)17(20(25)26-2)22-11-10-21-18(22)15-8-3-4-9-16(15)19(23)24/h3-12,17H,1-2H3,(H,23,24). The molecular formula is C20H18N2O4. The molecule has 1 heterocycles. The van der Waals surface area contributed by atoms with Crippen LogP contribution in [0, 0.1) is 6.92 Å². The molecule has 0 radical (unpaired) electrons. The van der Waals surface area contributed by atoms with Gasteiger partial charge in [-0.2, -0.15) is 0 Å². The molecule has 132 valence electrons. The summed E-state index contributed by atoms with van der Waals surface area (Å²) in [6.07, 6.45) is 3.19. The zero-order chi connectivity index (χ0) is 18.7. The van der Waals surface area contributed by atoms with Crippen LogP contribution in [0.5, 0.6) is 0 Å². The van der Waals surface area contributed by atoms with Crippen molar-refractivity contribution in [1.82, 2.24) is 9.55 Å². The molecule has 3 rings (SSSR count). The Labute approximate surface area is 150 Å². The van der Waals surface area contributed by atoms with Crippen LogP contribution in [0.4, 0.5) is 0 Å². The molecule has 26 heavy (non-hydrogen) atoms. The predicted octanol–water partition coefficient (Wildman–Crippen LogP) is 3.32. The molecule has 1 unspecified atom stereocenters. The lowest BCUT2D eigenvalue weighted by Crippen LogP contribution is -2.23. The molecule has 0 bridgehead atoms. The predicted molar refractivity (Wildman–Crippen MR) is 96.0 cm³/mol. The highest BCUT2D eigenvalue weighted by Gasteiger charge is 2.27. The smallest absolute Gasteiger partial charge is 0.336 e. The van der Waals surface area contributed by atoms with Crippen molar-refractivity contribution >= 4 is 11.9 Å². The van der Waals surface area contributed by atoms with Crippen molar-refractivity contribution in [3.05, 3.63) is 77.6 Å². The minimum absolute atomic E-state index is 0.118. The number of nitrogens with zero attached hydrogens (tertiary/aromatic N) is 2. The van der Waals surface area contributed by atoms with Crippen LogP contribution in [0.25, 0.3) is 11.4 Å². The van der Waals surface area contributed by atoms with Crippen LogP contribution in [0.3, 0.4) is 0 Å². The van der Waals surface area contributed by atoms with Gasteiger partial charge in [-0.25, -0.2) is 14.6 Å². The summed E-state index contributed by atoms with van der Waals surface area (Å²) in [7, 11) is 1.33. The SMILES string of the molecule is COC(=O)C(c1cccc(C)c1)n1ccnc1-c1ccccc1C(=O)O. The van der Waals surface area contributed by atoms with E-state index in [9.17, 15) is 14.7 Å². The first kappa shape index (κ1) is 17.4. The van der Waals surface area contributed by atoms with Crippen LogP contribution in [-0.2, 0) is 9.53 Å². The van der Waals surface area contributed by atoms with Gasteiger partial charge in [-0.3, -0.25) is 0 Å². The van der Waals surface area contributed by atoms with Crippen LogP contribution < -0.4 is 0 Å². The zero-order valence-electron chi connectivity index (χ0n) is 14.4. The van der Waals surface area contributed by atoms with Crippen LogP contribution in [0.2, 0.25) is 0 Å². The van der Waals surface area contributed by atoms with Crippen molar-refractivity contribution in [3.63, 3.8) is 0 Å². The summed E-state index contributed by atoms with van der Waals surface area (Å²) < 4.78 is 6.64. The number of carbonyl (C=O) groups is 2. The minimum atomic E-state index is -1.06. The first-order valence-corrected chi connectivity index (χ1v) is 8.03. The number of benzene rings is 2. The highest BCUT2D eigenvalue weighted by molar-refractivity contribution is 5.95. The molecule has 1 aromatic heterocycles. The number of imidazole rings is 1. The molecule has 0 spiro atoms. The van der Waals surface area contributed by atoms with Gasteiger partial charge in [0.05, 0.1) is 12.7 Å². The lowest BCUT2D eigenvalue weighted by Gasteiger charge is -2.20. The quantitative estimate of drug-likeness (QED) is 0.714. The summed E-state index contributed by atoms with van der Waals surface area (Å²) in [4.78, 5) is 28.4. The number of aromatic carboxylic acids is 1. The molecule has 0 fully saturated rings. The number of ether oxygens (including phenoxy) is 1.